The third-order valence-corrected chi connectivity index (χ3v) is 7.12. The van der Waals surface area contributed by atoms with Crippen LogP contribution in [0.3, 0.4) is 0 Å². The Morgan fingerprint density at radius 1 is 1.06 bits per heavy atom. The number of fused-ring (bicyclic) bond motifs is 1. The maximum Gasteiger partial charge on any atom is 0.355 e. The van der Waals surface area contributed by atoms with Gasteiger partial charge in [0.05, 0.1) is 6.61 Å². The first kappa shape index (κ1) is 21.9. The Labute approximate surface area is 185 Å². The van der Waals surface area contributed by atoms with Crippen molar-refractivity contribution in [2.24, 2.45) is 5.92 Å². The maximum absolute atomic E-state index is 13.0. The Morgan fingerprint density at radius 2 is 1.74 bits per heavy atom. The molecular formula is C27H35NO3. The first-order valence-electron chi connectivity index (χ1n) is 11.8. The number of aromatic amines is 1. The van der Waals surface area contributed by atoms with Crippen LogP contribution in [0, 0.1) is 12.8 Å². The molecule has 1 saturated carbocycles. The van der Waals surface area contributed by atoms with Gasteiger partial charge in [0.2, 0.25) is 0 Å². The molecule has 166 valence electrons. The summed E-state index contributed by atoms with van der Waals surface area (Å²) in [7, 11) is 0. The molecule has 2 aromatic rings. The van der Waals surface area contributed by atoms with Crippen molar-refractivity contribution in [1.82, 2.24) is 4.98 Å². The molecule has 1 aromatic heterocycles. The van der Waals surface area contributed by atoms with Crippen LogP contribution in [0.15, 0.2) is 24.3 Å². The van der Waals surface area contributed by atoms with Gasteiger partial charge in [-0.15, -0.1) is 0 Å². The van der Waals surface area contributed by atoms with Crippen LogP contribution in [0.5, 0.6) is 0 Å². The van der Waals surface area contributed by atoms with Gasteiger partial charge in [0.1, 0.15) is 5.69 Å². The van der Waals surface area contributed by atoms with Crippen molar-refractivity contribution in [2.75, 3.05) is 6.61 Å². The lowest BCUT2D eigenvalue weighted by Crippen LogP contribution is -2.19. The molecule has 0 spiro atoms. The number of rotatable bonds is 4. The van der Waals surface area contributed by atoms with Crippen LogP contribution < -0.4 is 0 Å². The minimum absolute atomic E-state index is 0.109. The molecule has 0 radical (unpaired) electrons. The van der Waals surface area contributed by atoms with E-state index in [1.165, 1.54) is 30.4 Å². The lowest BCUT2D eigenvalue weighted by Gasteiger charge is -2.24. The summed E-state index contributed by atoms with van der Waals surface area (Å²) in [6, 6.07) is 8.64. The predicted molar refractivity (Wildman–Crippen MR) is 123 cm³/mol. The Hall–Kier alpha value is -2.36. The fraction of sp³-hybridized carbons (Fsp3) is 0.556. The Bertz CT molecular complexity index is 956. The van der Waals surface area contributed by atoms with Crippen LogP contribution in [-0.2, 0) is 16.6 Å². The summed E-state index contributed by atoms with van der Waals surface area (Å²) >= 11 is 0. The third kappa shape index (κ3) is 4.63. The van der Waals surface area contributed by atoms with E-state index in [1.807, 2.05) is 6.92 Å². The highest BCUT2D eigenvalue weighted by molar-refractivity contribution is 6.03. The lowest BCUT2D eigenvalue weighted by atomic mass is 9.80. The fourth-order valence-corrected chi connectivity index (χ4v) is 5.15. The molecule has 2 aliphatic rings. The molecule has 0 unspecified atom stereocenters. The van der Waals surface area contributed by atoms with Gasteiger partial charge in [-0.05, 0) is 60.1 Å². The number of carbonyl (C=O) groups is 2. The number of esters is 1. The smallest absolute Gasteiger partial charge is 0.355 e. The molecular weight excluding hydrogens is 386 g/mol. The van der Waals surface area contributed by atoms with E-state index in [0.29, 0.717) is 30.2 Å². The van der Waals surface area contributed by atoms with Gasteiger partial charge in [-0.1, -0.05) is 64.3 Å². The lowest BCUT2D eigenvalue weighted by molar-refractivity contribution is 0.0403. The first-order valence-corrected chi connectivity index (χ1v) is 11.8. The summed E-state index contributed by atoms with van der Waals surface area (Å²) in [5, 5.41) is 0. The monoisotopic (exact) mass is 421 g/mol. The minimum atomic E-state index is -0.323. The SMILES string of the molecule is Cc1c(C(=O)OCC2CCCCC2)[nH]c2c1C(=O)C[C@@H](c1ccc(C(C)(C)C)cc1)C2. The molecule has 2 aliphatic carbocycles. The number of aromatic nitrogens is 1. The molecule has 31 heavy (non-hydrogen) atoms. The van der Waals surface area contributed by atoms with E-state index in [4.69, 9.17) is 4.74 Å². The maximum atomic E-state index is 13.0. The fourth-order valence-electron chi connectivity index (χ4n) is 5.15. The average molecular weight is 422 g/mol. The summed E-state index contributed by atoms with van der Waals surface area (Å²) in [4.78, 5) is 29.0. The zero-order valence-corrected chi connectivity index (χ0v) is 19.3. The predicted octanol–water partition coefficient (Wildman–Crippen LogP) is 6.27. The molecule has 0 saturated heterocycles. The van der Waals surface area contributed by atoms with Gasteiger partial charge < -0.3 is 9.72 Å². The molecule has 4 rings (SSSR count). The molecule has 1 heterocycles. The van der Waals surface area contributed by atoms with Crippen molar-refractivity contribution in [3.8, 4) is 0 Å². The molecule has 4 heteroatoms. The number of nitrogens with one attached hydrogen (secondary N) is 1. The van der Waals surface area contributed by atoms with E-state index >= 15 is 0 Å². The Kier molecular flexibility index (Phi) is 6.09. The average Bonchev–Trinajstić information content (AvgIpc) is 3.09. The second-order valence-electron chi connectivity index (χ2n) is 10.5. The van der Waals surface area contributed by atoms with E-state index in [0.717, 1.165) is 30.5 Å². The standard InChI is InChI=1S/C27H35NO3/c1-17-24-22(28-25(17)26(30)31-16-18-8-6-5-7-9-18)14-20(15-23(24)29)19-10-12-21(13-11-19)27(2,3)4/h10-13,18,20,28H,5-9,14-16H2,1-4H3/t20-/m0/s1. The van der Waals surface area contributed by atoms with Gasteiger partial charge >= 0.3 is 5.97 Å². The largest absolute Gasteiger partial charge is 0.461 e. The highest BCUT2D eigenvalue weighted by Crippen LogP contribution is 2.36. The summed E-state index contributed by atoms with van der Waals surface area (Å²) in [5.74, 6) is 0.408. The number of H-pyrrole nitrogens is 1. The molecule has 1 N–H and O–H groups in total. The van der Waals surface area contributed by atoms with Crippen molar-refractivity contribution in [3.05, 3.63) is 57.9 Å². The number of carbonyl (C=O) groups excluding carboxylic acids is 2. The van der Waals surface area contributed by atoms with Crippen molar-refractivity contribution >= 4 is 11.8 Å². The van der Waals surface area contributed by atoms with Crippen LogP contribution in [0.25, 0.3) is 0 Å². The summed E-state index contributed by atoms with van der Waals surface area (Å²) in [5.41, 5.74) is 5.36. The first-order chi connectivity index (χ1) is 14.7. The highest BCUT2D eigenvalue weighted by atomic mass is 16.5. The molecule has 1 fully saturated rings. The minimum Gasteiger partial charge on any atom is -0.461 e. The molecule has 0 aliphatic heterocycles. The number of hydrogen-bond acceptors (Lipinski definition) is 3. The number of ketones is 1. The van der Waals surface area contributed by atoms with Crippen molar-refractivity contribution in [1.29, 1.82) is 0 Å². The highest BCUT2D eigenvalue weighted by Gasteiger charge is 2.32. The van der Waals surface area contributed by atoms with E-state index in [1.54, 1.807) is 0 Å². The van der Waals surface area contributed by atoms with Crippen LogP contribution in [0.4, 0.5) is 0 Å². The number of hydrogen-bond donors (Lipinski definition) is 1. The van der Waals surface area contributed by atoms with Gasteiger partial charge in [0.15, 0.2) is 5.78 Å². The van der Waals surface area contributed by atoms with E-state index in [9.17, 15) is 9.59 Å². The topological polar surface area (TPSA) is 59.2 Å². The van der Waals surface area contributed by atoms with E-state index in [2.05, 4.69) is 50.0 Å². The van der Waals surface area contributed by atoms with Gasteiger partial charge in [-0.3, -0.25) is 4.79 Å². The molecule has 1 aromatic carbocycles. The van der Waals surface area contributed by atoms with Gasteiger partial charge in [0, 0.05) is 17.7 Å². The van der Waals surface area contributed by atoms with Crippen LogP contribution in [0.1, 0.15) is 108 Å². The van der Waals surface area contributed by atoms with Crippen LogP contribution in [0.2, 0.25) is 0 Å². The zero-order chi connectivity index (χ0) is 22.2. The number of benzene rings is 1. The van der Waals surface area contributed by atoms with Crippen LogP contribution >= 0.6 is 0 Å². The zero-order valence-electron chi connectivity index (χ0n) is 19.3. The normalized spacial score (nSPS) is 19.9. The summed E-state index contributed by atoms with van der Waals surface area (Å²) in [6.07, 6.45) is 7.25. The second-order valence-corrected chi connectivity index (χ2v) is 10.5. The molecule has 1 atom stereocenters. The summed E-state index contributed by atoms with van der Waals surface area (Å²) < 4.78 is 5.64. The Balaban J connectivity index is 1.49. The number of ether oxygens (including phenoxy) is 1. The van der Waals surface area contributed by atoms with E-state index < -0.39 is 0 Å². The van der Waals surface area contributed by atoms with Crippen molar-refractivity contribution in [2.45, 2.75) is 84.0 Å². The molecule has 4 nitrogen and oxygen atoms in total. The van der Waals surface area contributed by atoms with Crippen molar-refractivity contribution in [3.63, 3.8) is 0 Å². The Morgan fingerprint density at radius 3 is 2.39 bits per heavy atom. The summed E-state index contributed by atoms with van der Waals surface area (Å²) in [6.45, 7) is 8.96. The molecule has 0 bridgehead atoms. The number of Topliss-reactive ketones (excluding diaryl/α,β-unsaturated/α-hetero) is 1. The third-order valence-electron chi connectivity index (χ3n) is 7.12. The van der Waals surface area contributed by atoms with Crippen LogP contribution in [-0.4, -0.2) is 23.3 Å². The quantitative estimate of drug-likeness (QED) is 0.592. The molecule has 0 amide bonds. The van der Waals surface area contributed by atoms with Gasteiger partial charge in [0.25, 0.3) is 0 Å². The van der Waals surface area contributed by atoms with Crippen molar-refractivity contribution < 1.29 is 14.3 Å². The van der Waals surface area contributed by atoms with Gasteiger partial charge in [-0.25, -0.2) is 4.79 Å². The second kappa shape index (κ2) is 8.64. The van der Waals surface area contributed by atoms with E-state index in [-0.39, 0.29) is 23.1 Å². The van der Waals surface area contributed by atoms with Gasteiger partial charge in [-0.2, -0.15) is 0 Å².